The van der Waals surface area contributed by atoms with Gasteiger partial charge in [-0.25, -0.2) is 4.98 Å². The molecule has 152 valence electrons. The van der Waals surface area contributed by atoms with Gasteiger partial charge in [0.2, 0.25) is 11.8 Å². The molecule has 3 amide bonds. The highest BCUT2D eigenvalue weighted by atomic mass is 32.1. The van der Waals surface area contributed by atoms with E-state index in [4.69, 9.17) is 5.73 Å². The maximum Gasteiger partial charge on any atom is 0.255 e. The third-order valence-corrected chi connectivity index (χ3v) is 6.20. The van der Waals surface area contributed by atoms with Gasteiger partial charge in [-0.15, -0.1) is 11.3 Å². The van der Waals surface area contributed by atoms with E-state index in [2.05, 4.69) is 15.6 Å². The second kappa shape index (κ2) is 7.92. The molecular weight excluding hydrogens is 390 g/mol. The summed E-state index contributed by atoms with van der Waals surface area (Å²) in [6.45, 7) is 2.95. The van der Waals surface area contributed by atoms with Gasteiger partial charge in [-0.1, -0.05) is 19.1 Å². The van der Waals surface area contributed by atoms with Gasteiger partial charge in [0.1, 0.15) is 6.04 Å². The van der Waals surface area contributed by atoms with Gasteiger partial charge in [-0.2, -0.15) is 0 Å². The molecule has 29 heavy (non-hydrogen) atoms. The first kappa shape index (κ1) is 19.5. The minimum atomic E-state index is -0.592. The molecule has 4 rings (SSSR count). The molecule has 2 aromatic rings. The summed E-state index contributed by atoms with van der Waals surface area (Å²) in [7, 11) is 0. The van der Waals surface area contributed by atoms with E-state index < -0.39 is 11.9 Å². The molecule has 0 radical (unpaired) electrons. The number of nitrogens with zero attached hydrogens (tertiary/aromatic N) is 2. The number of aromatic nitrogens is 1. The Morgan fingerprint density at radius 3 is 2.97 bits per heavy atom. The average Bonchev–Trinajstić information content (AvgIpc) is 3.31. The van der Waals surface area contributed by atoms with Crippen LogP contribution in [0.3, 0.4) is 0 Å². The van der Waals surface area contributed by atoms with Crippen molar-refractivity contribution in [3.63, 3.8) is 0 Å². The quantitative estimate of drug-likeness (QED) is 0.623. The topological polar surface area (TPSA) is 117 Å². The fraction of sp³-hybridized carbons (Fsp3) is 0.400. The van der Waals surface area contributed by atoms with E-state index in [0.717, 1.165) is 28.4 Å². The standard InChI is InChI=1S/C20H23N5O3S/c1-2-14(21)15-10-29-20(23-15)22-8-11-3-4-12-9-25(19(28)13(12)7-11)16-5-6-17(26)24-18(16)27/h3-4,7,10,14,16H,2,5-6,8-9,21H2,1H3,(H,22,23)(H,24,26,27)/t14-,16?/m1/s1. The van der Waals surface area contributed by atoms with E-state index >= 15 is 0 Å². The van der Waals surface area contributed by atoms with Crippen LogP contribution < -0.4 is 16.4 Å². The average molecular weight is 414 g/mol. The second-order valence-electron chi connectivity index (χ2n) is 7.34. The molecule has 3 heterocycles. The van der Waals surface area contributed by atoms with E-state index in [-0.39, 0.29) is 24.3 Å². The zero-order valence-corrected chi connectivity index (χ0v) is 16.9. The zero-order chi connectivity index (χ0) is 20.5. The number of thiazole rings is 1. The molecule has 2 atom stereocenters. The van der Waals surface area contributed by atoms with E-state index in [1.54, 1.807) is 4.90 Å². The predicted octanol–water partition coefficient (Wildman–Crippen LogP) is 1.93. The van der Waals surface area contributed by atoms with Crippen LogP contribution >= 0.6 is 11.3 Å². The zero-order valence-electron chi connectivity index (χ0n) is 16.1. The van der Waals surface area contributed by atoms with Crippen molar-refractivity contribution < 1.29 is 14.4 Å². The summed E-state index contributed by atoms with van der Waals surface area (Å²) in [5, 5.41) is 8.35. The van der Waals surface area contributed by atoms with E-state index in [1.165, 1.54) is 11.3 Å². The first-order chi connectivity index (χ1) is 14.0. The van der Waals surface area contributed by atoms with Crippen molar-refractivity contribution in [1.29, 1.82) is 0 Å². The largest absolute Gasteiger partial charge is 0.357 e. The second-order valence-corrected chi connectivity index (χ2v) is 8.20. The lowest BCUT2D eigenvalue weighted by atomic mass is 10.0. The van der Waals surface area contributed by atoms with E-state index in [0.29, 0.717) is 25.1 Å². The van der Waals surface area contributed by atoms with Crippen molar-refractivity contribution in [2.45, 2.75) is 51.4 Å². The first-order valence-electron chi connectivity index (χ1n) is 9.67. The Morgan fingerprint density at radius 2 is 2.21 bits per heavy atom. The molecular formula is C20H23N5O3S. The monoisotopic (exact) mass is 413 g/mol. The van der Waals surface area contributed by atoms with Gasteiger partial charge < -0.3 is 16.0 Å². The highest BCUT2D eigenvalue weighted by molar-refractivity contribution is 7.13. The molecule has 0 spiro atoms. The maximum atomic E-state index is 12.9. The number of nitrogens with one attached hydrogen (secondary N) is 2. The Balaban J connectivity index is 1.43. The van der Waals surface area contributed by atoms with Crippen LogP contribution in [-0.4, -0.2) is 33.6 Å². The summed E-state index contributed by atoms with van der Waals surface area (Å²) in [5.41, 5.74) is 9.36. The molecule has 1 unspecified atom stereocenters. The van der Waals surface area contributed by atoms with Crippen LogP contribution in [0.4, 0.5) is 5.13 Å². The summed E-state index contributed by atoms with van der Waals surface area (Å²) in [4.78, 5) is 42.4. The minimum Gasteiger partial charge on any atom is -0.357 e. The number of hydrogen-bond acceptors (Lipinski definition) is 7. The Kier molecular flexibility index (Phi) is 5.33. The summed E-state index contributed by atoms with van der Waals surface area (Å²) in [5.74, 6) is -0.843. The van der Waals surface area contributed by atoms with Crippen LogP contribution in [0.5, 0.6) is 0 Å². The highest BCUT2D eigenvalue weighted by Crippen LogP contribution is 2.29. The van der Waals surface area contributed by atoms with Crippen LogP contribution in [0.2, 0.25) is 0 Å². The number of fused-ring (bicyclic) bond motifs is 1. The van der Waals surface area contributed by atoms with Crippen molar-refractivity contribution in [2.24, 2.45) is 5.73 Å². The van der Waals surface area contributed by atoms with Crippen LogP contribution in [0.25, 0.3) is 0 Å². The summed E-state index contributed by atoms with van der Waals surface area (Å²) < 4.78 is 0. The highest BCUT2D eigenvalue weighted by Gasteiger charge is 2.39. The van der Waals surface area contributed by atoms with Gasteiger partial charge in [-0.05, 0) is 30.0 Å². The lowest BCUT2D eigenvalue weighted by Crippen LogP contribution is -2.52. The summed E-state index contributed by atoms with van der Waals surface area (Å²) in [6, 6.07) is 5.11. The van der Waals surface area contributed by atoms with Gasteiger partial charge in [0.15, 0.2) is 5.13 Å². The van der Waals surface area contributed by atoms with Crippen molar-refractivity contribution >= 4 is 34.2 Å². The fourth-order valence-electron chi connectivity index (χ4n) is 3.64. The number of nitrogens with two attached hydrogens (primary N) is 1. The molecule has 1 aromatic carbocycles. The molecule has 1 saturated heterocycles. The lowest BCUT2D eigenvalue weighted by molar-refractivity contribution is -0.136. The lowest BCUT2D eigenvalue weighted by Gasteiger charge is -2.29. The summed E-state index contributed by atoms with van der Waals surface area (Å²) >= 11 is 1.51. The van der Waals surface area contributed by atoms with Gasteiger partial charge in [0.25, 0.3) is 5.91 Å². The smallest absolute Gasteiger partial charge is 0.255 e. The molecule has 9 heteroatoms. The van der Waals surface area contributed by atoms with Gasteiger partial charge >= 0.3 is 0 Å². The number of rotatable bonds is 6. The first-order valence-corrected chi connectivity index (χ1v) is 10.6. The summed E-state index contributed by atoms with van der Waals surface area (Å²) in [6.07, 6.45) is 1.45. The normalized spacial score (nSPS) is 19.9. The number of hydrogen-bond donors (Lipinski definition) is 3. The van der Waals surface area contributed by atoms with Crippen molar-refractivity contribution in [2.75, 3.05) is 5.32 Å². The van der Waals surface area contributed by atoms with E-state index in [1.807, 2.05) is 30.5 Å². The molecule has 1 fully saturated rings. The predicted molar refractivity (Wildman–Crippen MR) is 109 cm³/mol. The van der Waals surface area contributed by atoms with Crippen molar-refractivity contribution in [3.8, 4) is 0 Å². The Morgan fingerprint density at radius 1 is 1.38 bits per heavy atom. The molecule has 8 nitrogen and oxygen atoms in total. The molecule has 0 saturated carbocycles. The van der Waals surface area contributed by atoms with Crippen molar-refractivity contribution in [1.82, 2.24) is 15.2 Å². The Labute approximate surface area is 172 Å². The van der Waals surface area contributed by atoms with Crippen LogP contribution in [0.1, 0.15) is 59.4 Å². The number of anilines is 1. The third-order valence-electron chi connectivity index (χ3n) is 5.38. The SMILES string of the molecule is CC[C@@H](N)c1csc(NCc2ccc3c(c2)C(=O)N(C2CCC(=O)NC2=O)C3)n1. The number of imide groups is 1. The van der Waals surface area contributed by atoms with Crippen LogP contribution in [0.15, 0.2) is 23.6 Å². The molecule has 1 aromatic heterocycles. The number of carbonyl (C=O) groups excluding carboxylic acids is 3. The fourth-order valence-corrected chi connectivity index (χ4v) is 4.41. The molecule has 2 aliphatic rings. The molecule has 2 aliphatic heterocycles. The molecule has 0 aliphatic carbocycles. The third kappa shape index (κ3) is 3.88. The van der Waals surface area contributed by atoms with E-state index in [9.17, 15) is 14.4 Å². The minimum absolute atomic E-state index is 0.0577. The Hall–Kier alpha value is -2.78. The maximum absolute atomic E-state index is 12.9. The number of benzene rings is 1. The molecule has 0 bridgehead atoms. The molecule has 4 N–H and O–H groups in total. The number of piperidine rings is 1. The van der Waals surface area contributed by atoms with Crippen LogP contribution in [0, 0.1) is 0 Å². The number of amides is 3. The van der Waals surface area contributed by atoms with Gasteiger partial charge in [0.05, 0.1) is 5.69 Å². The number of carbonyl (C=O) groups is 3. The van der Waals surface area contributed by atoms with Gasteiger partial charge in [0, 0.05) is 36.5 Å². The van der Waals surface area contributed by atoms with Crippen molar-refractivity contribution in [3.05, 3.63) is 46.0 Å². The Bertz CT molecular complexity index is 973. The van der Waals surface area contributed by atoms with Crippen LogP contribution in [-0.2, 0) is 22.7 Å². The van der Waals surface area contributed by atoms with Gasteiger partial charge in [-0.3, -0.25) is 19.7 Å².